The SMILES string of the molecule is C#N.CCCCCCCCCCCN1CCC(CC)CC1. The summed E-state index contributed by atoms with van der Waals surface area (Å²) in [7, 11) is 0. The van der Waals surface area contributed by atoms with Gasteiger partial charge in [0, 0.05) is 6.57 Å². The lowest BCUT2D eigenvalue weighted by Crippen LogP contribution is -2.34. The Kier molecular flexibility index (Phi) is 15.4. The highest BCUT2D eigenvalue weighted by atomic mass is 15.1. The van der Waals surface area contributed by atoms with Gasteiger partial charge < -0.3 is 4.90 Å². The molecule has 0 aromatic carbocycles. The zero-order valence-corrected chi connectivity index (χ0v) is 14.7. The number of likely N-dealkylation sites (tertiary alicyclic amines) is 1. The van der Waals surface area contributed by atoms with Gasteiger partial charge in [0.2, 0.25) is 0 Å². The van der Waals surface area contributed by atoms with Crippen molar-refractivity contribution in [3.05, 3.63) is 0 Å². The Balaban J connectivity index is 0.00000191. The van der Waals surface area contributed by atoms with Crippen LogP contribution in [0.25, 0.3) is 0 Å². The molecular weight excluding hydrogens is 256 g/mol. The molecule has 0 aliphatic carbocycles. The van der Waals surface area contributed by atoms with Gasteiger partial charge in [0.05, 0.1) is 0 Å². The van der Waals surface area contributed by atoms with Crippen molar-refractivity contribution in [1.82, 2.24) is 4.90 Å². The quantitative estimate of drug-likeness (QED) is 0.452. The number of unbranched alkanes of at least 4 members (excludes halogenated alkanes) is 8. The fourth-order valence-electron chi connectivity index (χ4n) is 3.26. The number of hydrogen-bond acceptors (Lipinski definition) is 2. The second-order valence-electron chi connectivity index (χ2n) is 6.52. The van der Waals surface area contributed by atoms with Crippen molar-refractivity contribution in [3.8, 4) is 6.57 Å². The number of hydrogen-bond donors (Lipinski definition) is 0. The van der Waals surface area contributed by atoms with Crippen LogP contribution in [0.4, 0.5) is 0 Å². The Morgan fingerprint density at radius 1 is 0.810 bits per heavy atom. The minimum absolute atomic E-state index is 1.03. The van der Waals surface area contributed by atoms with Crippen LogP contribution in [0.5, 0.6) is 0 Å². The van der Waals surface area contributed by atoms with Gasteiger partial charge >= 0.3 is 0 Å². The summed E-state index contributed by atoms with van der Waals surface area (Å²) in [6.07, 6.45) is 17.4. The first-order valence-electron chi connectivity index (χ1n) is 9.35. The van der Waals surface area contributed by atoms with Gasteiger partial charge in [-0.3, -0.25) is 0 Å². The third-order valence-corrected chi connectivity index (χ3v) is 4.86. The molecule has 1 aliphatic rings. The molecule has 1 heterocycles. The lowest BCUT2D eigenvalue weighted by molar-refractivity contribution is 0.179. The fraction of sp³-hybridized carbons (Fsp3) is 0.947. The minimum Gasteiger partial charge on any atom is -0.303 e. The lowest BCUT2D eigenvalue weighted by atomic mass is 9.94. The van der Waals surface area contributed by atoms with Crippen LogP contribution in [-0.4, -0.2) is 24.5 Å². The molecule has 0 saturated carbocycles. The standard InChI is InChI=1S/C18H37N.CHN/c1-3-5-6-7-8-9-10-11-12-15-19-16-13-18(4-2)14-17-19;1-2/h18H,3-17H2,1-2H3;1H. The summed E-state index contributed by atoms with van der Waals surface area (Å²) < 4.78 is 0. The van der Waals surface area contributed by atoms with E-state index in [9.17, 15) is 0 Å². The van der Waals surface area contributed by atoms with Crippen molar-refractivity contribution in [2.45, 2.75) is 90.9 Å². The number of nitrogens with zero attached hydrogens (tertiary/aromatic N) is 2. The monoisotopic (exact) mass is 294 g/mol. The van der Waals surface area contributed by atoms with Crippen LogP contribution in [0.15, 0.2) is 0 Å². The Morgan fingerprint density at radius 3 is 1.76 bits per heavy atom. The van der Waals surface area contributed by atoms with Crippen molar-refractivity contribution in [3.63, 3.8) is 0 Å². The largest absolute Gasteiger partial charge is 0.303 e. The molecule has 1 rings (SSSR count). The van der Waals surface area contributed by atoms with Crippen molar-refractivity contribution >= 4 is 0 Å². The summed E-state index contributed by atoms with van der Waals surface area (Å²) in [5.74, 6) is 1.03. The van der Waals surface area contributed by atoms with Crippen molar-refractivity contribution in [2.24, 2.45) is 5.92 Å². The smallest absolute Gasteiger partial charge is 0.0462 e. The molecule has 1 saturated heterocycles. The molecule has 0 atom stereocenters. The molecule has 1 fully saturated rings. The number of nitriles is 1. The highest BCUT2D eigenvalue weighted by Crippen LogP contribution is 2.20. The van der Waals surface area contributed by atoms with Crippen LogP contribution in [0.3, 0.4) is 0 Å². The Hall–Kier alpha value is -0.550. The first kappa shape index (κ1) is 20.5. The van der Waals surface area contributed by atoms with Crippen LogP contribution in [0.2, 0.25) is 0 Å². The van der Waals surface area contributed by atoms with E-state index in [4.69, 9.17) is 5.26 Å². The lowest BCUT2D eigenvalue weighted by Gasteiger charge is -2.31. The van der Waals surface area contributed by atoms with Crippen LogP contribution in [0.1, 0.15) is 90.9 Å². The van der Waals surface area contributed by atoms with Crippen molar-refractivity contribution in [1.29, 1.82) is 5.26 Å². The molecule has 21 heavy (non-hydrogen) atoms. The predicted molar refractivity (Wildman–Crippen MR) is 93.4 cm³/mol. The summed E-state index contributed by atoms with van der Waals surface area (Å²) in [5.41, 5.74) is 0. The second-order valence-corrected chi connectivity index (χ2v) is 6.52. The third kappa shape index (κ3) is 11.8. The topological polar surface area (TPSA) is 27.0 Å². The Labute approximate surface area is 133 Å². The van der Waals surface area contributed by atoms with E-state index in [1.807, 2.05) is 0 Å². The summed E-state index contributed by atoms with van der Waals surface area (Å²) in [6, 6.07) is 0. The fourth-order valence-corrected chi connectivity index (χ4v) is 3.26. The van der Waals surface area contributed by atoms with Crippen LogP contribution < -0.4 is 0 Å². The van der Waals surface area contributed by atoms with E-state index >= 15 is 0 Å². The number of rotatable bonds is 11. The molecule has 1 aliphatic heterocycles. The average molecular weight is 295 g/mol. The highest BCUT2D eigenvalue weighted by Gasteiger charge is 2.16. The van der Waals surface area contributed by atoms with E-state index in [2.05, 4.69) is 25.3 Å². The molecule has 124 valence electrons. The predicted octanol–water partition coefficient (Wildman–Crippen LogP) is 5.78. The number of piperidine rings is 1. The highest BCUT2D eigenvalue weighted by molar-refractivity contribution is 4.71. The van der Waals surface area contributed by atoms with E-state index in [1.165, 1.54) is 96.7 Å². The molecule has 0 bridgehead atoms. The molecule has 0 N–H and O–H groups in total. The van der Waals surface area contributed by atoms with E-state index in [1.54, 1.807) is 0 Å². The molecule has 2 heteroatoms. The molecule has 0 radical (unpaired) electrons. The third-order valence-electron chi connectivity index (χ3n) is 4.86. The summed E-state index contributed by atoms with van der Waals surface area (Å²) >= 11 is 0. The molecular formula is C19H38N2. The maximum atomic E-state index is 6.50. The molecule has 0 spiro atoms. The van der Waals surface area contributed by atoms with E-state index in [-0.39, 0.29) is 0 Å². The summed E-state index contributed by atoms with van der Waals surface area (Å²) in [6.45, 7) is 12.3. The maximum Gasteiger partial charge on any atom is 0.0462 e. The maximum absolute atomic E-state index is 6.50. The Morgan fingerprint density at radius 2 is 1.29 bits per heavy atom. The van der Waals surface area contributed by atoms with Gasteiger partial charge in [-0.15, -0.1) is 0 Å². The molecule has 0 amide bonds. The van der Waals surface area contributed by atoms with Crippen molar-refractivity contribution < 1.29 is 0 Å². The minimum atomic E-state index is 1.03. The first-order valence-corrected chi connectivity index (χ1v) is 9.35. The zero-order chi connectivity index (χ0) is 15.8. The van der Waals surface area contributed by atoms with Crippen LogP contribution >= 0.6 is 0 Å². The molecule has 0 aromatic rings. The van der Waals surface area contributed by atoms with Gasteiger partial charge in [0.1, 0.15) is 0 Å². The second kappa shape index (κ2) is 15.8. The molecule has 0 aromatic heterocycles. The van der Waals surface area contributed by atoms with E-state index in [0.29, 0.717) is 0 Å². The summed E-state index contributed by atoms with van der Waals surface area (Å²) in [4.78, 5) is 2.70. The molecule has 2 nitrogen and oxygen atoms in total. The van der Waals surface area contributed by atoms with Gasteiger partial charge in [-0.05, 0) is 44.8 Å². The van der Waals surface area contributed by atoms with Gasteiger partial charge in [-0.25, -0.2) is 5.26 Å². The van der Waals surface area contributed by atoms with Crippen LogP contribution in [0, 0.1) is 17.8 Å². The Bertz CT molecular complexity index is 217. The van der Waals surface area contributed by atoms with Gasteiger partial charge in [0.25, 0.3) is 0 Å². The zero-order valence-electron chi connectivity index (χ0n) is 14.7. The average Bonchev–Trinajstić information content (AvgIpc) is 2.56. The normalized spacial score (nSPS) is 16.4. The van der Waals surface area contributed by atoms with E-state index in [0.717, 1.165) is 5.92 Å². The van der Waals surface area contributed by atoms with Gasteiger partial charge in [0.15, 0.2) is 0 Å². The van der Waals surface area contributed by atoms with E-state index < -0.39 is 0 Å². The van der Waals surface area contributed by atoms with Gasteiger partial charge in [-0.2, -0.15) is 0 Å². The molecule has 0 unspecified atom stereocenters. The van der Waals surface area contributed by atoms with Crippen LogP contribution in [-0.2, 0) is 0 Å². The summed E-state index contributed by atoms with van der Waals surface area (Å²) in [5, 5.41) is 6.50. The first-order chi connectivity index (χ1) is 10.4. The van der Waals surface area contributed by atoms with Gasteiger partial charge in [-0.1, -0.05) is 71.6 Å². The van der Waals surface area contributed by atoms with Crippen molar-refractivity contribution in [2.75, 3.05) is 19.6 Å².